The summed E-state index contributed by atoms with van der Waals surface area (Å²) in [5, 5.41) is 3.20. The van der Waals surface area contributed by atoms with Crippen LogP contribution in [0.1, 0.15) is 23.2 Å². The van der Waals surface area contributed by atoms with Crippen LogP contribution >= 0.6 is 11.6 Å². The summed E-state index contributed by atoms with van der Waals surface area (Å²) in [7, 11) is 0. The maximum absolute atomic E-state index is 12.2. The zero-order chi connectivity index (χ0) is 17.1. The molecule has 2 aromatic carbocycles. The molecule has 0 aliphatic heterocycles. The first-order valence-corrected chi connectivity index (χ1v) is 7.60. The van der Waals surface area contributed by atoms with E-state index in [0.29, 0.717) is 27.4 Å². The van der Waals surface area contributed by atoms with Gasteiger partial charge >= 0.3 is 5.76 Å². The summed E-state index contributed by atoms with van der Waals surface area (Å²) in [6.45, 7) is 0. The van der Waals surface area contributed by atoms with Gasteiger partial charge < -0.3 is 9.73 Å². The Morgan fingerprint density at radius 1 is 1.12 bits per heavy atom. The van der Waals surface area contributed by atoms with Gasteiger partial charge in [0.15, 0.2) is 11.4 Å². The van der Waals surface area contributed by atoms with E-state index in [1.54, 1.807) is 36.4 Å². The van der Waals surface area contributed by atoms with Crippen LogP contribution in [-0.2, 0) is 4.79 Å². The molecule has 3 rings (SSSR count). The molecule has 0 unspecified atom stereocenters. The minimum Gasteiger partial charge on any atom is -0.408 e. The molecule has 3 aromatic rings. The fourth-order valence-corrected chi connectivity index (χ4v) is 2.47. The number of hydrogen-bond acceptors (Lipinski definition) is 4. The highest BCUT2D eigenvalue weighted by Crippen LogP contribution is 2.17. The van der Waals surface area contributed by atoms with Crippen LogP contribution in [0.25, 0.3) is 11.1 Å². The molecule has 0 atom stereocenters. The maximum Gasteiger partial charge on any atom is 0.417 e. The Balaban J connectivity index is 1.61. The minimum atomic E-state index is -0.574. The van der Waals surface area contributed by atoms with Gasteiger partial charge in [-0.1, -0.05) is 17.7 Å². The summed E-state index contributed by atoms with van der Waals surface area (Å²) in [4.78, 5) is 37.7. The van der Waals surface area contributed by atoms with Crippen LogP contribution in [0.3, 0.4) is 0 Å². The molecule has 0 saturated carbocycles. The van der Waals surface area contributed by atoms with Crippen LogP contribution in [0.5, 0.6) is 0 Å². The molecule has 0 aliphatic carbocycles. The highest BCUT2D eigenvalue weighted by atomic mass is 35.5. The number of carbonyl (C=O) groups excluding carboxylic acids is 2. The number of oxazole rings is 1. The van der Waals surface area contributed by atoms with Gasteiger partial charge in [0.05, 0.1) is 5.52 Å². The Labute approximate surface area is 141 Å². The molecule has 0 fully saturated rings. The third-order valence-corrected chi connectivity index (χ3v) is 3.67. The van der Waals surface area contributed by atoms with E-state index in [9.17, 15) is 14.4 Å². The van der Waals surface area contributed by atoms with Crippen molar-refractivity contribution in [2.75, 3.05) is 5.32 Å². The number of nitrogens with one attached hydrogen (secondary N) is 2. The van der Waals surface area contributed by atoms with Gasteiger partial charge in [-0.2, -0.15) is 0 Å². The first-order chi connectivity index (χ1) is 11.5. The van der Waals surface area contributed by atoms with E-state index in [4.69, 9.17) is 16.0 Å². The molecule has 0 saturated heterocycles. The highest BCUT2D eigenvalue weighted by molar-refractivity contribution is 6.30. The van der Waals surface area contributed by atoms with Gasteiger partial charge in [0.25, 0.3) is 0 Å². The average Bonchev–Trinajstić information content (AvgIpc) is 2.91. The van der Waals surface area contributed by atoms with E-state index >= 15 is 0 Å². The number of benzene rings is 2. The lowest BCUT2D eigenvalue weighted by Crippen LogP contribution is -2.13. The minimum absolute atomic E-state index is 0.0421. The van der Waals surface area contributed by atoms with Crippen molar-refractivity contribution in [3.8, 4) is 0 Å². The molecule has 24 heavy (non-hydrogen) atoms. The van der Waals surface area contributed by atoms with E-state index in [2.05, 4.69) is 10.3 Å². The van der Waals surface area contributed by atoms with Gasteiger partial charge in [-0.3, -0.25) is 14.6 Å². The number of aromatic amines is 1. The molecule has 122 valence electrons. The van der Waals surface area contributed by atoms with Crippen LogP contribution in [-0.4, -0.2) is 16.7 Å². The number of amides is 1. The van der Waals surface area contributed by atoms with Gasteiger partial charge in [-0.15, -0.1) is 0 Å². The van der Waals surface area contributed by atoms with Crippen molar-refractivity contribution >= 4 is 40.1 Å². The van der Waals surface area contributed by atoms with Crippen LogP contribution < -0.4 is 11.1 Å². The molecule has 1 aromatic heterocycles. The molecule has 7 heteroatoms. The van der Waals surface area contributed by atoms with Crippen LogP contribution in [0.15, 0.2) is 51.7 Å². The summed E-state index contributed by atoms with van der Waals surface area (Å²) < 4.78 is 4.92. The second kappa shape index (κ2) is 6.72. The zero-order valence-corrected chi connectivity index (χ0v) is 13.2. The number of ketones is 1. The number of aromatic nitrogens is 1. The smallest absolute Gasteiger partial charge is 0.408 e. The molecular formula is C17H13ClN2O4. The Morgan fingerprint density at radius 2 is 1.96 bits per heavy atom. The van der Waals surface area contributed by atoms with Gasteiger partial charge in [0.1, 0.15) is 0 Å². The van der Waals surface area contributed by atoms with Gasteiger partial charge in [-0.25, -0.2) is 4.79 Å². The Hall–Kier alpha value is -2.86. The number of halogens is 1. The van der Waals surface area contributed by atoms with Gasteiger partial charge in [0, 0.05) is 29.1 Å². The second-order valence-electron chi connectivity index (χ2n) is 5.21. The molecule has 0 spiro atoms. The summed E-state index contributed by atoms with van der Waals surface area (Å²) in [5.74, 6) is -1.06. The lowest BCUT2D eigenvalue weighted by atomic mass is 10.1. The largest absolute Gasteiger partial charge is 0.417 e. The topological polar surface area (TPSA) is 92.2 Å². The fourth-order valence-electron chi connectivity index (χ4n) is 2.28. The van der Waals surface area contributed by atoms with Crippen LogP contribution in [0.4, 0.5) is 5.69 Å². The SMILES string of the molecule is O=C(CCC(=O)c1ccc2[nH]c(=O)oc2c1)Nc1cccc(Cl)c1. The number of anilines is 1. The average molecular weight is 345 g/mol. The molecular weight excluding hydrogens is 332 g/mol. The summed E-state index contributed by atoms with van der Waals surface area (Å²) >= 11 is 5.85. The standard InChI is InChI=1S/C17H13ClN2O4/c18-11-2-1-3-12(9-11)19-16(22)7-6-14(21)10-4-5-13-15(8-10)24-17(23)20-13/h1-5,8-9H,6-7H2,(H,19,22)(H,20,23). The highest BCUT2D eigenvalue weighted by Gasteiger charge is 2.12. The molecule has 0 bridgehead atoms. The Kier molecular flexibility index (Phi) is 4.48. The predicted molar refractivity (Wildman–Crippen MR) is 90.5 cm³/mol. The molecule has 2 N–H and O–H groups in total. The van der Waals surface area contributed by atoms with E-state index in [0.717, 1.165) is 0 Å². The van der Waals surface area contributed by atoms with E-state index in [1.165, 1.54) is 6.07 Å². The predicted octanol–water partition coefficient (Wildman–Crippen LogP) is 3.38. The lowest BCUT2D eigenvalue weighted by molar-refractivity contribution is -0.116. The monoisotopic (exact) mass is 344 g/mol. The van der Waals surface area contributed by atoms with Crippen LogP contribution in [0, 0.1) is 0 Å². The zero-order valence-electron chi connectivity index (χ0n) is 12.5. The second-order valence-corrected chi connectivity index (χ2v) is 5.64. The summed E-state index contributed by atoms with van der Waals surface area (Å²) in [5.41, 5.74) is 1.81. The molecule has 0 aliphatic rings. The quantitative estimate of drug-likeness (QED) is 0.694. The number of H-pyrrole nitrogens is 1. The maximum atomic E-state index is 12.2. The van der Waals surface area contributed by atoms with Crippen molar-refractivity contribution < 1.29 is 14.0 Å². The Morgan fingerprint density at radius 3 is 2.75 bits per heavy atom. The lowest BCUT2D eigenvalue weighted by Gasteiger charge is -2.05. The number of rotatable bonds is 5. The van der Waals surface area contributed by atoms with Crippen molar-refractivity contribution in [3.05, 3.63) is 63.6 Å². The fraction of sp³-hybridized carbons (Fsp3) is 0.118. The van der Waals surface area contributed by atoms with Gasteiger partial charge in [-0.05, 0) is 36.4 Å². The Bertz CT molecular complexity index is 974. The number of fused-ring (bicyclic) bond motifs is 1. The summed E-state index contributed by atoms with van der Waals surface area (Å²) in [6.07, 6.45) is 0.0903. The van der Waals surface area contributed by atoms with Crippen molar-refractivity contribution in [2.45, 2.75) is 12.8 Å². The number of Topliss-reactive ketones (excluding diaryl/α,β-unsaturated/α-hetero) is 1. The number of hydrogen-bond donors (Lipinski definition) is 2. The molecule has 0 radical (unpaired) electrons. The van der Waals surface area contributed by atoms with Crippen LogP contribution in [0.2, 0.25) is 5.02 Å². The van der Waals surface area contributed by atoms with E-state index in [1.807, 2.05) is 0 Å². The molecule has 1 heterocycles. The molecule has 1 amide bonds. The summed E-state index contributed by atoms with van der Waals surface area (Å²) in [6, 6.07) is 11.4. The molecule has 6 nitrogen and oxygen atoms in total. The van der Waals surface area contributed by atoms with Gasteiger partial charge in [0.2, 0.25) is 5.91 Å². The van der Waals surface area contributed by atoms with E-state index in [-0.39, 0.29) is 24.5 Å². The first-order valence-electron chi connectivity index (χ1n) is 7.23. The van der Waals surface area contributed by atoms with Crippen molar-refractivity contribution in [3.63, 3.8) is 0 Å². The van der Waals surface area contributed by atoms with Crippen molar-refractivity contribution in [2.24, 2.45) is 0 Å². The van der Waals surface area contributed by atoms with E-state index < -0.39 is 5.76 Å². The van der Waals surface area contributed by atoms with Crippen molar-refractivity contribution in [1.82, 2.24) is 4.98 Å². The third kappa shape index (κ3) is 3.72. The third-order valence-electron chi connectivity index (χ3n) is 3.43. The number of carbonyl (C=O) groups is 2. The normalized spacial score (nSPS) is 10.7. The first kappa shape index (κ1) is 16.0. The van der Waals surface area contributed by atoms with Crippen molar-refractivity contribution in [1.29, 1.82) is 0 Å².